The van der Waals surface area contributed by atoms with Gasteiger partial charge < -0.3 is 10.0 Å². The van der Waals surface area contributed by atoms with Gasteiger partial charge in [0.2, 0.25) is 0 Å². The maximum Gasteiger partial charge on any atom is 0.0787 e. The number of hydrogen-bond donors (Lipinski definition) is 1. The monoisotopic (exact) mass is 247 g/mol. The molecule has 1 N–H and O–H groups in total. The number of nitrogens with zero attached hydrogens (tertiary/aromatic N) is 1. The molecule has 1 aliphatic heterocycles. The Balaban J connectivity index is 2.06. The molecule has 0 bridgehead atoms. The van der Waals surface area contributed by atoms with E-state index in [2.05, 4.69) is 43.0 Å². The molecule has 1 aromatic rings. The zero-order valence-electron chi connectivity index (χ0n) is 11.8. The van der Waals surface area contributed by atoms with Gasteiger partial charge in [0.15, 0.2) is 0 Å². The van der Waals surface area contributed by atoms with Crippen LogP contribution >= 0.6 is 0 Å². The summed E-state index contributed by atoms with van der Waals surface area (Å²) in [5, 5.41) is 9.79. The highest BCUT2D eigenvalue weighted by Crippen LogP contribution is 2.28. The van der Waals surface area contributed by atoms with Crippen molar-refractivity contribution in [3.8, 4) is 0 Å². The number of benzene rings is 1. The lowest BCUT2D eigenvalue weighted by Crippen LogP contribution is -2.38. The molecule has 0 radical (unpaired) electrons. The first kappa shape index (κ1) is 13.4. The molecule has 1 saturated heterocycles. The second kappa shape index (κ2) is 5.75. The molecule has 0 amide bonds. The first-order valence-electron chi connectivity index (χ1n) is 7.14. The Hall–Kier alpha value is -1.02. The number of hydrogen-bond acceptors (Lipinski definition) is 2. The summed E-state index contributed by atoms with van der Waals surface area (Å²) < 4.78 is 0. The van der Waals surface area contributed by atoms with Crippen LogP contribution in [0.25, 0.3) is 0 Å². The molecule has 2 unspecified atom stereocenters. The Labute approximate surface area is 111 Å². The lowest BCUT2D eigenvalue weighted by atomic mass is 9.88. The molecular formula is C16H25NO. The molecule has 2 rings (SSSR count). The van der Waals surface area contributed by atoms with Gasteiger partial charge in [-0.2, -0.15) is 0 Å². The highest BCUT2D eigenvalue weighted by molar-refractivity contribution is 5.48. The number of aliphatic hydroxyl groups excluding tert-OH is 1. The predicted molar refractivity (Wildman–Crippen MR) is 76.9 cm³/mol. The summed E-state index contributed by atoms with van der Waals surface area (Å²) in [6, 6.07) is 8.42. The summed E-state index contributed by atoms with van der Waals surface area (Å²) in [4.78, 5) is 2.47. The van der Waals surface area contributed by atoms with Crippen molar-refractivity contribution in [3.05, 3.63) is 29.8 Å². The van der Waals surface area contributed by atoms with Crippen molar-refractivity contribution in [2.45, 2.75) is 39.7 Å². The van der Waals surface area contributed by atoms with Crippen molar-refractivity contribution in [1.29, 1.82) is 0 Å². The van der Waals surface area contributed by atoms with Crippen molar-refractivity contribution >= 4 is 5.69 Å². The Kier molecular flexibility index (Phi) is 4.28. The topological polar surface area (TPSA) is 23.5 Å². The maximum absolute atomic E-state index is 9.79. The number of anilines is 1. The number of aliphatic hydroxyl groups is 1. The lowest BCUT2D eigenvalue weighted by Gasteiger charge is -2.37. The molecule has 18 heavy (non-hydrogen) atoms. The summed E-state index contributed by atoms with van der Waals surface area (Å²) in [6.07, 6.45) is 1.73. The predicted octanol–water partition coefficient (Wildman–Crippen LogP) is 3.61. The van der Waals surface area contributed by atoms with Gasteiger partial charge in [-0.3, -0.25) is 0 Å². The first-order valence-corrected chi connectivity index (χ1v) is 7.14. The fraction of sp³-hybridized carbons (Fsp3) is 0.625. The molecule has 1 fully saturated rings. The average molecular weight is 247 g/mol. The quantitative estimate of drug-likeness (QED) is 0.882. The zero-order valence-corrected chi connectivity index (χ0v) is 11.8. The zero-order chi connectivity index (χ0) is 13.1. The van der Waals surface area contributed by atoms with Crippen molar-refractivity contribution in [2.75, 3.05) is 18.0 Å². The molecule has 0 spiro atoms. The smallest absolute Gasteiger partial charge is 0.0787 e. The van der Waals surface area contributed by atoms with E-state index in [-0.39, 0.29) is 6.10 Å². The molecule has 1 heterocycles. The van der Waals surface area contributed by atoms with Crippen LogP contribution in [0.15, 0.2) is 24.3 Å². The summed E-state index contributed by atoms with van der Waals surface area (Å²) in [7, 11) is 0. The highest BCUT2D eigenvalue weighted by atomic mass is 16.3. The minimum atomic E-state index is -0.320. The Bertz CT molecular complexity index is 373. The molecule has 2 heteroatoms. The van der Waals surface area contributed by atoms with Crippen molar-refractivity contribution in [3.63, 3.8) is 0 Å². The van der Waals surface area contributed by atoms with Gasteiger partial charge in [-0.1, -0.05) is 32.9 Å². The second-order valence-electron chi connectivity index (χ2n) is 5.70. The van der Waals surface area contributed by atoms with E-state index in [1.165, 1.54) is 12.1 Å². The fourth-order valence-corrected chi connectivity index (χ4v) is 2.64. The number of piperidine rings is 1. The minimum absolute atomic E-state index is 0.320. The molecule has 0 aliphatic carbocycles. The van der Waals surface area contributed by atoms with Gasteiger partial charge in [0.05, 0.1) is 6.10 Å². The third-order valence-corrected chi connectivity index (χ3v) is 4.36. The van der Waals surface area contributed by atoms with Crippen LogP contribution < -0.4 is 4.90 Å². The van der Waals surface area contributed by atoms with Crippen LogP contribution in [0.1, 0.15) is 45.3 Å². The summed E-state index contributed by atoms with van der Waals surface area (Å²) >= 11 is 0. The molecule has 0 saturated carbocycles. The van der Waals surface area contributed by atoms with Gasteiger partial charge in [-0.25, -0.2) is 0 Å². The third kappa shape index (κ3) is 2.86. The fourth-order valence-electron chi connectivity index (χ4n) is 2.64. The van der Waals surface area contributed by atoms with E-state index >= 15 is 0 Å². The van der Waals surface area contributed by atoms with E-state index in [1.54, 1.807) is 0 Å². The van der Waals surface area contributed by atoms with E-state index in [4.69, 9.17) is 0 Å². The molecular weight excluding hydrogens is 222 g/mol. The van der Waals surface area contributed by atoms with Gasteiger partial charge in [0.25, 0.3) is 0 Å². The van der Waals surface area contributed by atoms with Gasteiger partial charge in [0.1, 0.15) is 0 Å². The summed E-state index contributed by atoms with van der Waals surface area (Å²) in [5.41, 5.74) is 2.32. The third-order valence-electron chi connectivity index (χ3n) is 4.36. The van der Waals surface area contributed by atoms with Gasteiger partial charge in [0, 0.05) is 18.8 Å². The number of rotatable bonds is 3. The summed E-state index contributed by atoms with van der Waals surface area (Å²) in [6.45, 7) is 9.00. The van der Waals surface area contributed by atoms with Gasteiger partial charge >= 0.3 is 0 Å². The van der Waals surface area contributed by atoms with Crippen molar-refractivity contribution in [2.24, 2.45) is 11.8 Å². The van der Waals surface area contributed by atoms with Gasteiger partial charge in [-0.15, -0.1) is 0 Å². The van der Waals surface area contributed by atoms with E-state index in [0.717, 1.165) is 36.9 Å². The maximum atomic E-state index is 9.79. The van der Waals surface area contributed by atoms with Crippen molar-refractivity contribution < 1.29 is 5.11 Å². The average Bonchev–Trinajstić information content (AvgIpc) is 2.41. The normalized spacial score (nSPS) is 26.1. The van der Waals surface area contributed by atoms with Crippen LogP contribution in [0.3, 0.4) is 0 Å². The lowest BCUT2D eigenvalue weighted by molar-refractivity contribution is 0.173. The molecule has 1 aromatic carbocycles. The van der Waals surface area contributed by atoms with E-state index < -0.39 is 0 Å². The van der Waals surface area contributed by atoms with Gasteiger partial charge in [-0.05, 0) is 42.4 Å². The minimum Gasteiger partial charge on any atom is -0.388 e. The second-order valence-corrected chi connectivity index (χ2v) is 5.70. The van der Waals surface area contributed by atoms with Crippen LogP contribution in [0, 0.1) is 11.8 Å². The van der Waals surface area contributed by atoms with E-state index in [1.807, 2.05) is 6.92 Å². The Morgan fingerprint density at radius 2 is 1.89 bits per heavy atom. The van der Waals surface area contributed by atoms with Crippen LogP contribution in [-0.2, 0) is 0 Å². The largest absolute Gasteiger partial charge is 0.388 e. The van der Waals surface area contributed by atoms with Crippen LogP contribution in [0.5, 0.6) is 0 Å². The van der Waals surface area contributed by atoms with Crippen molar-refractivity contribution in [1.82, 2.24) is 0 Å². The Morgan fingerprint density at radius 1 is 1.22 bits per heavy atom. The molecule has 0 aromatic heterocycles. The van der Waals surface area contributed by atoms with E-state index in [9.17, 15) is 5.11 Å². The molecule has 2 nitrogen and oxygen atoms in total. The van der Waals surface area contributed by atoms with Crippen LogP contribution in [0.2, 0.25) is 0 Å². The van der Waals surface area contributed by atoms with E-state index in [0.29, 0.717) is 0 Å². The first-order chi connectivity index (χ1) is 8.61. The molecule has 1 aliphatic rings. The van der Waals surface area contributed by atoms with Crippen LogP contribution in [-0.4, -0.2) is 18.2 Å². The SMILES string of the molecule is CC[C@H](O)c1ccc(N2CCC(C)C(C)C2)cc1. The summed E-state index contributed by atoms with van der Waals surface area (Å²) in [5.74, 6) is 1.60. The molecule has 100 valence electrons. The Morgan fingerprint density at radius 3 is 2.44 bits per heavy atom. The highest BCUT2D eigenvalue weighted by Gasteiger charge is 2.22. The van der Waals surface area contributed by atoms with Crippen LogP contribution in [0.4, 0.5) is 5.69 Å². The standard InChI is InChI=1S/C16H25NO/c1-4-16(18)14-5-7-15(8-6-14)17-10-9-12(2)13(3)11-17/h5-8,12-13,16,18H,4,9-11H2,1-3H3/t12?,13?,16-/m0/s1. The molecule has 3 atom stereocenters.